The van der Waals surface area contributed by atoms with Gasteiger partial charge in [0.25, 0.3) is 0 Å². The lowest BCUT2D eigenvalue weighted by molar-refractivity contribution is 0.191. The third-order valence-electron chi connectivity index (χ3n) is 4.34. The number of halogens is 2. The minimum atomic E-state index is -0.293. The average molecular weight is 379 g/mol. The SMILES string of the molecule is CN(C)Cc1cncc2c1CCN(C(=O)NCc1cccc(F)c1)C2.Cl. The predicted molar refractivity (Wildman–Crippen MR) is 102 cm³/mol. The van der Waals surface area contributed by atoms with E-state index >= 15 is 0 Å². The molecule has 1 N–H and O–H groups in total. The van der Waals surface area contributed by atoms with Crippen LogP contribution in [0.2, 0.25) is 0 Å². The Hall–Kier alpha value is -2.18. The topological polar surface area (TPSA) is 48.5 Å². The molecule has 1 aromatic carbocycles. The van der Waals surface area contributed by atoms with Crippen molar-refractivity contribution in [2.75, 3.05) is 20.6 Å². The zero-order chi connectivity index (χ0) is 17.8. The van der Waals surface area contributed by atoms with Crippen LogP contribution < -0.4 is 5.32 Å². The highest BCUT2D eigenvalue weighted by Gasteiger charge is 2.22. The Labute approximate surface area is 159 Å². The zero-order valence-electron chi connectivity index (χ0n) is 15.0. The number of hydrogen-bond acceptors (Lipinski definition) is 3. The highest BCUT2D eigenvalue weighted by molar-refractivity contribution is 5.85. The summed E-state index contributed by atoms with van der Waals surface area (Å²) in [5.41, 5.74) is 4.38. The monoisotopic (exact) mass is 378 g/mol. The normalized spacial score (nSPS) is 13.2. The Balaban J connectivity index is 0.00000243. The summed E-state index contributed by atoms with van der Waals surface area (Å²) in [6.45, 7) is 2.39. The highest BCUT2D eigenvalue weighted by atomic mass is 35.5. The molecule has 0 unspecified atom stereocenters. The number of amides is 2. The first kappa shape index (κ1) is 20.1. The molecule has 0 saturated carbocycles. The van der Waals surface area contributed by atoms with Gasteiger partial charge in [0.1, 0.15) is 5.82 Å². The molecule has 3 rings (SSSR count). The highest BCUT2D eigenvalue weighted by Crippen LogP contribution is 2.22. The number of benzene rings is 1. The fraction of sp³-hybridized carbons (Fsp3) is 0.368. The minimum Gasteiger partial charge on any atom is -0.334 e. The van der Waals surface area contributed by atoms with E-state index in [1.807, 2.05) is 26.5 Å². The molecule has 0 bridgehead atoms. The van der Waals surface area contributed by atoms with E-state index in [0.29, 0.717) is 19.6 Å². The van der Waals surface area contributed by atoms with E-state index in [1.54, 1.807) is 17.0 Å². The van der Waals surface area contributed by atoms with Gasteiger partial charge in [0, 0.05) is 38.6 Å². The van der Waals surface area contributed by atoms with Gasteiger partial charge in [-0.25, -0.2) is 9.18 Å². The van der Waals surface area contributed by atoms with E-state index in [9.17, 15) is 9.18 Å². The van der Waals surface area contributed by atoms with Crippen molar-refractivity contribution in [3.05, 3.63) is 64.7 Å². The second kappa shape index (κ2) is 8.96. The molecule has 1 aliphatic rings. The van der Waals surface area contributed by atoms with Gasteiger partial charge in [-0.1, -0.05) is 12.1 Å². The number of nitrogens with one attached hydrogen (secondary N) is 1. The standard InChI is InChI=1S/C19H23FN4O.ClH/c1-23(2)12-15-10-21-11-16-13-24(7-6-18(15)16)19(25)22-9-14-4-3-5-17(20)8-14;/h3-5,8,10-11H,6-7,9,12-13H2,1-2H3,(H,22,25);1H. The quantitative estimate of drug-likeness (QED) is 0.889. The van der Waals surface area contributed by atoms with Crippen LogP contribution in [-0.2, 0) is 26.1 Å². The van der Waals surface area contributed by atoms with Gasteiger partial charge in [0.05, 0.1) is 0 Å². The largest absolute Gasteiger partial charge is 0.334 e. The summed E-state index contributed by atoms with van der Waals surface area (Å²) >= 11 is 0. The van der Waals surface area contributed by atoms with Crippen LogP contribution in [0.15, 0.2) is 36.7 Å². The lowest BCUT2D eigenvalue weighted by atomic mass is 9.97. The van der Waals surface area contributed by atoms with Crippen LogP contribution in [0.4, 0.5) is 9.18 Å². The number of pyridine rings is 1. The molecule has 2 aromatic rings. The molecule has 7 heteroatoms. The van der Waals surface area contributed by atoms with Crippen molar-refractivity contribution in [1.29, 1.82) is 0 Å². The summed E-state index contributed by atoms with van der Waals surface area (Å²) in [7, 11) is 4.07. The third-order valence-corrected chi connectivity index (χ3v) is 4.34. The van der Waals surface area contributed by atoms with Gasteiger partial charge in [0.2, 0.25) is 0 Å². The molecule has 26 heavy (non-hydrogen) atoms. The molecule has 1 aliphatic heterocycles. The first-order valence-electron chi connectivity index (χ1n) is 8.39. The van der Waals surface area contributed by atoms with Crippen molar-refractivity contribution in [2.45, 2.75) is 26.1 Å². The smallest absolute Gasteiger partial charge is 0.317 e. The van der Waals surface area contributed by atoms with Gasteiger partial charge in [-0.15, -0.1) is 12.4 Å². The van der Waals surface area contributed by atoms with Gasteiger partial charge in [0.15, 0.2) is 0 Å². The third kappa shape index (κ3) is 4.93. The molecule has 0 spiro atoms. The summed E-state index contributed by atoms with van der Waals surface area (Å²) in [6, 6.07) is 6.14. The summed E-state index contributed by atoms with van der Waals surface area (Å²) < 4.78 is 13.2. The number of nitrogens with zero attached hydrogens (tertiary/aromatic N) is 3. The molecule has 0 aliphatic carbocycles. The van der Waals surface area contributed by atoms with Gasteiger partial charge < -0.3 is 15.1 Å². The molecular weight excluding hydrogens is 355 g/mol. The van der Waals surface area contributed by atoms with Gasteiger partial charge in [-0.05, 0) is 54.9 Å². The number of hydrogen-bond donors (Lipinski definition) is 1. The fourth-order valence-corrected chi connectivity index (χ4v) is 3.15. The number of carbonyl (C=O) groups is 1. The maximum atomic E-state index is 13.2. The molecule has 0 atom stereocenters. The molecule has 2 amide bonds. The first-order chi connectivity index (χ1) is 12.0. The Morgan fingerprint density at radius 1 is 1.35 bits per heavy atom. The maximum Gasteiger partial charge on any atom is 0.317 e. The average Bonchev–Trinajstić information content (AvgIpc) is 2.59. The van der Waals surface area contributed by atoms with Crippen LogP contribution in [0, 0.1) is 5.82 Å². The second-order valence-electron chi connectivity index (χ2n) is 6.63. The maximum absolute atomic E-state index is 13.2. The molecule has 2 heterocycles. The van der Waals surface area contributed by atoms with E-state index < -0.39 is 0 Å². The van der Waals surface area contributed by atoms with Gasteiger partial charge in [-0.3, -0.25) is 4.98 Å². The number of carbonyl (C=O) groups excluding carboxylic acids is 1. The Morgan fingerprint density at radius 2 is 2.15 bits per heavy atom. The van der Waals surface area contributed by atoms with Crippen molar-refractivity contribution < 1.29 is 9.18 Å². The predicted octanol–water partition coefficient (Wildman–Crippen LogP) is 2.97. The van der Waals surface area contributed by atoms with Crippen molar-refractivity contribution in [3.8, 4) is 0 Å². The number of aromatic nitrogens is 1. The van der Waals surface area contributed by atoms with Crippen molar-refractivity contribution in [2.24, 2.45) is 0 Å². The fourth-order valence-electron chi connectivity index (χ4n) is 3.15. The lowest BCUT2D eigenvalue weighted by Crippen LogP contribution is -2.42. The van der Waals surface area contributed by atoms with E-state index in [2.05, 4.69) is 15.2 Å². The molecule has 5 nitrogen and oxygen atoms in total. The Kier molecular flexibility index (Phi) is 6.94. The van der Waals surface area contributed by atoms with Crippen LogP contribution in [-0.4, -0.2) is 41.5 Å². The van der Waals surface area contributed by atoms with Crippen molar-refractivity contribution in [1.82, 2.24) is 20.1 Å². The number of urea groups is 1. The summed E-state index contributed by atoms with van der Waals surface area (Å²) in [6.07, 6.45) is 4.59. The lowest BCUT2D eigenvalue weighted by Gasteiger charge is -2.30. The van der Waals surface area contributed by atoms with E-state index in [0.717, 1.165) is 24.1 Å². The van der Waals surface area contributed by atoms with Crippen LogP contribution in [0.1, 0.15) is 22.3 Å². The molecule has 140 valence electrons. The van der Waals surface area contributed by atoms with Crippen LogP contribution in [0.25, 0.3) is 0 Å². The van der Waals surface area contributed by atoms with Crippen LogP contribution in [0.3, 0.4) is 0 Å². The minimum absolute atomic E-state index is 0. The molecule has 0 radical (unpaired) electrons. The van der Waals surface area contributed by atoms with E-state index in [4.69, 9.17) is 0 Å². The van der Waals surface area contributed by atoms with Crippen LogP contribution in [0.5, 0.6) is 0 Å². The summed E-state index contributed by atoms with van der Waals surface area (Å²) in [5, 5.41) is 2.87. The van der Waals surface area contributed by atoms with Gasteiger partial charge in [-0.2, -0.15) is 0 Å². The zero-order valence-corrected chi connectivity index (χ0v) is 15.9. The summed E-state index contributed by atoms with van der Waals surface area (Å²) in [4.78, 5) is 20.6. The van der Waals surface area contributed by atoms with Crippen LogP contribution >= 0.6 is 12.4 Å². The molecule has 1 aromatic heterocycles. The van der Waals surface area contributed by atoms with E-state index in [1.165, 1.54) is 23.3 Å². The first-order valence-corrected chi connectivity index (χ1v) is 8.39. The second-order valence-corrected chi connectivity index (χ2v) is 6.63. The number of rotatable bonds is 4. The van der Waals surface area contributed by atoms with Gasteiger partial charge >= 0.3 is 6.03 Å². The molecular formula is C19H24ClFN4O. The Morgan fingerprint density at radius 3 is 2.88 bits per heavy atom. The van der Waals surface area contributed by atoms with Crippen molar-refractivity contribution >= 4 is 18.4 Å². The summed E-state index contributed by atoms with van der Waals surface area (Å²) in [5.74, 6) is -0.293. The van der Waals surface area contributed by atoms with E-state index in [-0.39, 0.29) is 24.3 Å². The number of fused-ring (bicyclic) bond motifs is 1. The Bertz CT molecular complexity index is 769. The molecule has 0 fully saturated rings. The van der Waals surface area contributed by atoms with Crippen molar-refractivity contribution in [3.63, 3.8) is 0 Å². The molecule has 0 saturated heterocycles.